The minimum absolute atomic E-state index is 0.0359. The van der Waals surface area contributed by atoms with Crippen molar-refractivity contribution in [2.75, 3.05) is 11.9 Å². The number of rotatable bonds is 8. The van der Waals surface area contributed by atoms with Crippen molar-refractivity contribution < 1.29 is 18.6 Å². The molecule has 1 heterocycles. The zero-order chi connectivity index (χ0) is 18.3. The monoisotopic (exact) mass is 349 g/mol. The van der Waals surface area contributed by atoms with Crippen LogP contribution in [0.3, 0.4) is 0 Å². The number of hydrogen-bond acceptors (Lipinski definition) is 7. The second kappa shape index (κ2) is 8.25. The fraction of sp³-hybridized carbons (Fsp3) is 0.250. The number of ether oxygens (including phenoxy) is 1. The van der Waals surface area contributed by atoms with Crippen LogP contribution in [0.2, 0.25) is 0 Å². The lowest BCUT2D eigenvalue weighted by molar-refractivity contribution is 0.0175. The Labute approximate surface area is 142 Å². The molecule has 0 radical (unpaired) electrons. The van der Waals surface area contributed by atoms with Crippen LogP contribution in [0.4, 0.5) is 14.5 Å². The molecule has 0 unspecified atom stereocenters. The van der Waals surface area contributed by atoms with E-state index in [-0.39, 0.29) is 30.5 Å². The van der Waals surface area contributed by atoms with Crippen molar-refractivity contribution >= 4 is 5.69 Å². The van der Waals surface area contributed by atoms with Gasteiger partial charge in [-0.3, -0.25) is 0 Å². The van der Waals surface area contributed by atoms with Gasteiger partial charge < -0.3 is 15.2 Å². The van der Waals surface area contributed by atoms with Gasteiger partial charge in [-0.05, 0) is 18.2 Å². The lowest BCUT2D eigenvalue weighted by atomic mass is 10.1. The lowest BCUT2D eigenvalue weighted by Gasteiger charge is -2.12. The number of halogens is 2. The highest BCUT2D eigenvalue weighted by Gasteiger charge is 2.23. The van der Waals surface area contributed by atoms with Crippen LogP contribution in [0, 0.1) is 5.53 Å². The maximum Gasteiger partial charge on any atom is 0.317 e. The average Bonchev–Trinajstić information content (AvgIpc) is 2.61. The molecule has 1 aromatic carbocycles. The van der Waals surface area contributed by atoms with Crippen molar-refractivity contribution in [2.45, 2.75) is 19.5 Å². The molecule has 0 atom stereocenters. The maximum atomic E-state index is 13.3. The number of anilines is 1. The predicted molar refractivity (Wildman–Crippen MR) is 86.3 cm³/mol. The average molecular weight is 349 g/mol. The number of hydrogen-bond donors (Lipinski definition) is 3. The molecule has 0 saturated heterocycles. The fourth-order valence-corrected chi connectivity index (χ4v) is 1.83. The van der Waals surface area contributed by atoms with Crippen molar-refractivity contribution in [2.24, 2.45) is 5.11 Å². The van der Waals surface area contributed by atoms with E-state index in [1.165, 1.54) is 36.7 Å². The molecule has 0 fully saturated rings. The van der Waals surface area contributed by atoms with Crippen LogP contribution in [0.15, 0.2) is 53.5 Å². The summed E-state index contributed by atoms with van der Waals surface area (Å²) < 4.78 is 31.9. The second-order valence-corrected chi connectivity index (χ2v) is 5.14. The zero-order valence-corrected chi connectivity index (χ0v) is 13.4. The molecule has 3 N–H and O–H groups in total. The van der Waals surface area contributed by atoms with Gasteiger partial charge in [0.1, 0.15) is 12.3 Å². The van der Waals surface area contributed by atoms with E-state index in [2.05, 4.69) is 20.4 Å². The number of alkyl halides is 2. The SMILES string of the molecule is CC(F)(F)c1cccc(N/C=C(/COc2nccc(CO)n2)N=N)c1. The first-order chi connectivity index (χ1) is 11.9. The Kier molecular flexibility index (Phi) is 6.07. The summed E-state index contributed by atoms with van der Waals surface area (Å²) in [6.45, 7) is 0.472. The Morgan fingerprint density at radius 3 is 2.92 bits per heavy atom. The van der Waals surface area contributed by atoms with Crippen LogP contribution in [-0.2, 0) is 12.5 Å². The summed E-state index contributed by atoms with van der Waals surface area (Å²) >= 11 is 0. The van der Waals surface area contributed by atoms with Gasteiger partial charge >= 0.3 is 6.01 Å². The van der Waals surface area contributed by atoms with Gasteiger partial charge in [-0.25, -0.2) is 19.3 Å². The fourth-order valence-electron chi connectivity index (χ4n) is 1.83. The summed E-state index contributed by atoms with van der Waals surface area (Å²) in [6.07, 6.45) is 2.81. The van der Waals surface area contributed by atoms with Gasteiger partial charge in [-0.1, -0.05) is 12.1 Å². The third-order valence-electron chi connectivity index (χ3n) is 3.12. The normalized spacial score (nSPS) is 11.9. The number of benzene rings is 1. The molecule has 2 aromatic rings. The number of aliphatic hydroxyl groups is 1. The van der Waals surface area contributed by atoms with Gasteiger partial charge in [0.2, 0.25) is 0 Å². The first-order valence-corrected chi connectivity index (χ1v) is 7.29. The van der Waals surface area contributed by atoms with E-state index in [1.54, 1.807) is 6.07 Å². The molecule has 0 aliphatic heterocycles. The highest BCUT2D eigenvalue weighted by molar-refractivity contribution is 5.49. The van der Waals surface area contributed by atoms with Crippen LogP contribution >= 0.6 is 0 Å². The van der Waals surface area contributed by atoms with Crippen molar-refractivity contribution in [3.63, 3.8) is 0 Å². The van der Waals surface area contributed by atoms with E-state index in [1.807, 2.05) is 0 Å². The van der Waals surface area contributed by atoms with Crippen LogP contribution < -0.4 is 10.1 Å². The van der Waals surface area contributed by atoms with Crippen LogP contribution in [-0.4, -0.2) is 21.7 Å². The van der Waals surface area contributed by atoms with Crippen LogP contribution in [0.25, 0.3) is 0 Å². The zero-order valence-electron chi connectivity index (χ0n) is 13.4. The topological polar surface area (TPSA) is 103 Å². The summed E-state index contributed by atoms with van der Waals surface area (Å²) in [4.78, 5) is 7.81. The molecule has 7 nitrogen and oxygen atoms in total. The minimum atomic E-state index is -2.94. The summed E-state index contributed by atoms with van der Waals surface area (Å²) in [6, 6.07) is 7.34. The van der Waals surface area contributed by atoms with E-state index in [0.717, 1.165) is 6.92 Å². The summed E-state index contributed by atoms with van der Waals surface area (Å²) in [5, 5.41) is 15.1. The molecule has 1 aromatic heterocycles. The maximum absolute atomic E-state index is 13.3. The van der Waals surface area contributed by atoms with Crippen molar-refractivity contribution in [1.29, 1.82) is 5.53 Å². The van der Waals surface area contributed by atoms with E-state index in [9.17, 15) is 8.78 Å². The molecule has 2 rings (SSSR count). The molecule has 132 valence electrons. The highest BCUT2D eigenvalue weighted by atomic mass is 19.3. The number of aliphatic hydroxyl groups excluding tert-OH is 1. The molecule has 0 spiro atoms. The van der Waals surface area contributed by atoms with Gasteiger partial charge in [0.25, 0.3) is 5.92 Å². The van der Waals surface area contributed by atoms with E-state index in [0.29, 0.717) is 11.4 Å². The molecule has 0 saturated carbocycles. The van der Waals surface area contributed by atoms with Crippen LogP contribution in [0.1, 0.15) is 18.2 Å². The third kappa shape index (κ3) is 5.57. The largest absolute Gasteiger partial charge is 0.457 e. The van der Waals surface area contributed by atoms with Crippen molar-refractivity contribution in [3.05, 3.63) is 59.7 Å². The Morgan fingerprint density at radius 1 is 1.44 bits per heavy atom. The molecule has 0 amide bonds. The third-order valence-corrected chi connectivity index (χ3v) is 3.12. The smallest absolute Gasteiger partial charge is 0.317 e. The quantitative estimate of drug-likeness (QED) is 0.633. The molecular formula is C16H17F2N5O2. The van der Waals surface area contributed by atoms with E-state index in [4.69, 9.17) is 15.4 Å². The second-order valence-electron chi connectivity index (χ2n) is 5.14. The Bertz CT molecular complexity index is 762. The highest BCUT2D eigenvalue weighted by Crippen LogP contribution is 2.28. The Hall–Kier alpha value is -2.94. The molecule has 0 aliphatic rings. The summed E-state index contributed by atoms with van der Waals surface area (Å²) in [7, 11) is 0. The first kappa shape index (κ1) is 18.4. The lowest BCUT2D eigenvalue weighted by Crippen LogP contribution is -2.07. The minimum Gasteiger partial charge on any atom is -0.457 e. The standard InChI is InChI=1S/C16H17F2N5O2/c1-16(17,18)11-3-2-4-12(7-11)21-8-14(23-19)10-25-15-20-6-5-13(9-24)22-15/h2-8,19,21,24H,9-10H2,1H3/b14-8-,23-19?. The molecule has 25 heavy (non-hydrogen) atoms. The van der Waals surface area contributed by atoms with Gasteiger partial charge in [-0.15, -0.1) is 0 Å². The van der Waals surface area contributed by atoms with E-state index < -0.39 is 5.92 Å². The van der Waals surface area contributed by atoms with Gasteiger partial charge in [-0.2, -0.15) is 10.1 Å². The number of nitrogens with one attached hydrogen (secondary N) is 2. The molecule has 9 heteroatoms. The summed E-state index contributed by atoms with van der Waals surface area (Å²) in [5.74, 6) is -2.94. The van der Waals surface area contributed by atoms with Gasteiger partial charge in [0, 0.05) is 30.6 Å². The predicted octanol–water partition coefficient (Wildman–Crippen LogP) is 3.44. The summed E-state index contributed by atoms with van der Waals surface area (Å²) in [5.41, 5.74) is 8.05. The number of nitrogens with zero attached hydrogens (tertiary/aromatic N) is 3. The van der Waals surface area contributed by atoms with Crippen molar-refractivity contribution in [1.82, 2.24) is 9.97 Å². The van der Waals surface area contributed by atoms with Gasteiger partial charge in [0.05, 0.1) is 12.3 Å². The van der Waals surface area contributed by atoms with E-state index >= 15 is 0 Å². The molecular weight excluding hydrogens is 332 g/mol. The molecule has 0 bridgehead atoms. The first-order valence-electron chi connectivity index (χ1n) is 7.29. The Morgan fingerprint density at radius 2 is 2.24 bits per heavy atom. The Balaban J connectivity index is 2.01. The number of aromatic nitrogens is 2. The molecule has 0 aliphatic carbocycles. The van der Waals surface area contributed by atoms with Crippen LogP contribution in [0.5, 0.6) is 6.01 Å². The van der Waals surface area contributed by atoms with Crippen molar-refractivity contribution in [3.8, 4) is 6.01 Å². The van der Waals surface area contributed by atoms with Gasteiger partial charge in [0.15, 0.2) is 0 Å².